The van der Waals surface area contributed by atoms with Crippen LogP contribution in [0.5, 0.6) is 0 Å². The third-order valence-electron chi connectivity index (χ3n) is 18.9. The summed E-state index contributed by atoms with van der Waals surface area (Å²) in [5.41, 5.74) is 17.6. The largest absolute Gasteiger partial charge is 3.00 e. The number of aliphatic hydroxyl groups is 1. The van der Waals surface area contributed by atoms with Crippen molar-refractivity contribution in [2.75, 3.05) is 131 Å². The molecule has 10 amide bonds. The first-order valence-electron chi connectivity index (χ1n) is 36.7. The number of hydrogen-bond acceptors (Lipinski definition) is 21. The van der Waals surface area contributed by atoms with Gasteiger partial charge in [0.2, 0.25) is 59.1 Å². The third kappa shape index (κ3) is 32.4. The van der Waals surface area contributed by atoms with Gasteiger partial charge in [0, 0.05) is 97.9 Å². The van der Waals surface area contributed by atoms with E-state index in [9.17, 15) is 92.7 Å². The number of nitrogens with two attached hydrogens (primary N) is 3. The average molecular weight is 1570 g/mol. The first kappa shape index (κ1) is 90.9. The van der Waals surface area contributed by atoms with Crippen LogP contribution in [-0.2, 0) is 73.5 Å². The van der Waals surface area contributed by atoms with Crippen LogP contribution in [0.2, 0.25) is 0 Å². The van der Waals surface area contributed by atoms with Crippen LogP contribution in [0.1, 0.15) is 122 Å². The predicted molar refractivity (Wildman–Crippen MR) is 390 cm³/mol. The van der Waals surface area contributed by atoms with Gasteiger partial charge in [-0.15, -0.1) is 0 Å². The SMILES string of the molecule is CC(C)C[C@H](NC(=O)[C@@H]1CCCN1C(=O)[C@H](CO)NC(=O)[C@H](Cc1ccccc1)NC(=O)CNC(=O)[C@@H]1CCCN1C(=O)[C@@H]1CCCN1C(=O)[C@H](CCCN=C(N)N)NC(=O)[C@H](CCCCN)NC(=O)CCCCCNC(=O)CN1CCN(CC(=O)O)CCN(CC(=O)O)CCN(CC(=O)O)CC1)C(=O)O.[68Ga+3]. The van der Waals surface area contributed by atoms with Crippen molar-refractivity contribution in [1.29, 1.82) is 0 Å². The minimum absolute atomic E-state index is 0. The second-order valence-electron chi connectivity index (χ2n) is 27.7. The van der Waals surface area contributed by atoms with E-state index < -0.39 is 139 Å². The Morgan fingerprint density at radius 2 is 1.00 bits per heavy atom. The zero-order valence-corrected chi connectivity index (χ0v) is 64.0. The summed E-state index contributed by atoms with van der Waals surface area (Å²) in [7, 11) is 0. The normalized spacial score (nSPS) is 19.0. The molecule has 1 aromatic carbocycles. The third-order valence-corrected chi connectivity index (χ3v) is 18.9. The van der Waals surface area contributed by atoms with Gasteiger partial charge in [-0.25, -0.2) is 4.79 Å². The number of carboxylic acid groups (broad SMARTS) is 4. The van der Waals surface area contributed by atoms with E-state index >= 15 is 0 Å². The standard InChI is InChI=1S/C69H112N18O19.Ga/c1-45(2)37-50(68(105)106)79-64(101)53-20-13-26-85(53)66(103)51(44-88)80-62(99)49(38-46-15-5-3-6-16-46)77-56(90)39-75-63(100)52-19-12-27-86(52)67(104)54-21-14-28-87(54)65(102)48(18-11-25-74-69(71)72)78-61(98)47(17-8-9-23-70)76-55(89)22-7-4-10-24-73-57(91)40-81-29-31-82(41-58(92)93)33-35-84(43-60(96)97)36-34-83(32-30-81)42-59(94)95;/h3,5-6,15-16,45,47-54,88H,4,7-14,17-44,70H2,1-2H3,(H,73,91)(H,75,100)(H,76,89)(H,77,90)(H,78,98)(H,79,101)(H,80,99)(H,92,93)(H,94,95)(H,96,97)(H,105,106)(H4,71,72,74);/q;+3/t47-,48-,49-,50-,51-,52-,53-,54-;/m0./s1/i;1-2. The van der Waals surface area contributed by atoms with Crippen LogP contribution in [0.25, 0.3) is 0 Å². The van der Waals surface area contributed by atoms with Crippen LogP contribution in [0.3, 0.4) is 0 Å². The van der Waals surface area contributed by atoms with E-state index in [-0.39, 0.29) is 207 Å². The Morgan fingerprint density at radius 1 is 0.505 bits per heavy atom. The number of carboxylic acids is 4. The second-order valence-corrected chi connectivity index (χ2v) is 27.7. The van der Waals surface area contributed by atoms with E-state index in [1.165, 1.54) is 14.7 Å². The summed E-state index contributed by atoms with van der Waals surface area (Å²) in [6.45, 7) is 3.94. The average Bonchev–Trinajstić information content (AvgIpc) is 1.68. The fourth-order valence-electron chi connectivity index (χ4n) is 13.4. The number of hydrogen-bond donors (Lipinski definition) is 15. The van der Waals surface area contributed by atoms with Crippen molar-refractivity contribution in [3.63, 3.8) is 0 Å². The molecule has 0 spiro atoms. The minimum Gasteiger partial charge on any atom is -0.480 e. The van der Waals surface area contributed by atoms with Gasteiger partial charge in [-0.1, -0.05) is 50.6 Å². The maximum absolute atomic E-state index is 14.8. The Morgan fingerprint density at radius 3 is 1.53 bits per heavy atom. The molecule has 0 aromatic heterocycles. The summed E-state index contributed by atoms with van der Waals surface area (Å²) in [5, 5.41) is 67.5. The Bertz CT molecular complexity index is 3120. The molecule has 0 saturated carbocycles. The van der Waals surface area contributed by atoms with Gasteiger partial charge in [-0.2, -0.15) is 0 Å². The molecule has 38 heteroatoms. The van der Waals surface area contributed by atoms with Crippen molar-refractivity contribution < 1.29 is 92.7 Å². The van der Waals surface area contributed by atoms with Gasteiger partial charge in [0.1, 0.15) is 48.3 Å². The molecule has 8 atom stereocenters. The maximum atomic E-state index is 14.8. The molecule has 1 aromatic rings. The minimum atomic E-state index is -1.57. The molecule has 4 aliphatic rings. The summed E-state index contributed by atoms with van der Waals surface area (Å²) in [6.07, 6.45) is 4.55. The number of carbonyl (C=O) groups is 14. The molecule has 0 unspecified atom stereocenters. The molecule has 592 valence electrons. The molecular weight excluding hydrogens is 1450 g/mol. The van der Waals surface area contributed by atoms with Crippen molar-refractivity contribution >= 4 is 109 Å². The van der Waals surface area contributed by atoms with Gasteiger partial charge >= 0.3 is 43.7 Å². The van der Waals surface area contributed by atoms with Gasteiger partial charge in [-0.05, 0) is 108 Å². The number of carbonyl (C=O) groups excluding carboxylic acids is 10. The van der Waals surface area contributed by atoms with E-state index in [0.717, 1.165) is 0 Å². The number of aliphatic hydroxyl groups excluding tert-OH is 1. The van der Waals surface area contributed by atoms with Crippen LogP contribution < -0.4 is 54.4 Å². The van der Waals surface area contributed by atoms with Crippen LogP contribution >= 0.6 is 0 Å². The molecular formula is C69H112GaN18O19+3. The number of nitrogens with zero attached hydrogens (tertiary/aromatic N) is 8. The molecule has 4 fully saturated rings. The topological polar surface area (TPSA) is 537 Å². The van der Waals surface area contributed by atoms with E-state index in [0.29, 0.717) is 63.5 Å². The number of amides is 10. The number of nitrogens with one attached hydrogen (secondary N) is 7. The maximum Gasteiger partial charge on any atom is 3.00 e. The first-order valence-corrected chi connectivity index (χ1v) is 36.7. The van der Waals surface area contributed by atoms with Gasteiger partial charge in [0.15, 0.2) is 5.96 Å². The Balaban J connectivity index is 0.0000242. The predicted octanol–water partition coefficient (Wildman–Crippen LogP) is -5.18. The van der Waals surface area contributed by atoms with Crippen LogP contribution in [0.4, 0.5) is 0 Å². The first-order chi connectivity index (χ1) is 50.6. The van der Waals surface area contributed by atoms with Crippen molar-refractivity contribution in [3.05, 3.63) is 35.9 Å². The number of likely N-dealkylation sites (tertiary alicyclic amines) is 3. The monoisotopic (exact) mass is 1560 g/mol. The van der Waals surface area contributed by atoms with Crippen molar-refractivity contribution in [2.24, 2.45) is 28.1 Å². The molecule has 4 heterocycles. The Kier molecular flexibility index (Phi) is 40.8. The number of benzene rings is 1. The smallest absolute Gasteiger partial charge is 0.480 e. The number of unbranched alkanes of at least 4 members (excludes halogenated alkanes) is 3. The number of guanidine groups is 1. The van der Waals surface area contributed by atoms with E-state index in [1.807, 2.05) is 0 Å². The summed E-state index contributed by atoms with van der Waals surface area (Å²) in [5.74, 6) is -11.2. The molecule has 107 heavy (non-hydrogen) atoms. The van der Waals surface area contributed by atoms with E-state index in [4.69, 9.17) is 17.2 Å². The van der Waals surface area contributed by atoms with E-state index in [2.05, 4.69) is 42.2 Å². The van der Waals surface area contributed by atoms with Crippen LogP contribution in [0, 0.1) is 5.92 Å². The number of aliphatic imine (C=N–C) groups is 1. The Labute approximate surface area is 636 Å². The molecule has 4 aliphatic heterocycles. The van der Waals surface area contributed by atoms with Crippen molar-refractivity contribution in [1.82, 2.24) is 71.5 Å². The molecule has 5 rings (SSSR count). The van der Waals surface area contributed by atoms with Crippen LogP contribution in [0.15, 0.2) is 35.3 Å². The van der Waals surface area contributed by atoms with Crippen molar-refractivity contribution in [3.8, 4) is 0 Å². The summed E-state index contributed by atoms with van der Waals surface area (Å²) in [6, 6.07) is -1.13. The van der Waals surface area contributed by atoms with Crippen molar-refractivity contribution in [2.45, 2.75) is 171 Å². The Hall–Kier alpha value is -8.53. The number of aliphatic carboxylic acids is 4. The van der Waals surface area contributed by atoms with Gasteiger partial charge in [-0.3, -0.25) is 86.9 Å². The molecule has 37 nitrogen and oxygen atoms in total. The molecule has 4 saturated heterocycles. The summed E-state index contributed by atoms with van der Waals surface area (Å²) < 4.78 is 0. The second kappa shape index (κ2) is 48.0. The summed E-state index contributed by atoms with van der Waals surface area (Å²) >= 11 is 0. The van der Waals surface area contributed by atoms with Gasteiger partial charge in [0.25, 0.3) is 0 Å². The molecule has 0 aliphatic carbocycles. The number of rotatable bonds is 42. The van der Waals surface area contributed by atoms with E-state index in [1.54, 1.807) is 63.8 Å². The molecule has 0 radical (unpaired) electrons. The van der Waals surface area contributed by atoms with Crippen LogP contribution in [-0.4, -0.2) is 348 Å². The molecule has 18 N–H and O–H groups in total. The van der Waals surface area contributed by atoms with Gasteiger partial charge < -0.3 is 94.7 Å². The zero-order chi connectivity index (χ0) is 77.8. The van der Waals surface area contributed by atoms with Gasteiger partial charge in [0.05, 0.1) is 39.3 Å². The zero-order valence-electron chi connectivity index (χ0n) is 61.6. The fourth-order valence-corrected chi connectivity index (χ4v) is 13.4. The summed E-state index contributed by atoms with van der Waals surface area (Å²) in [4.78, 5) is 201. The quantitative estimate of drug-likeness (QED) is 0.0126. The molecule has 0 bridgehead atoms. The fraction of sp³-hybridized carbons (Fsp3) is 0.696.